The van der Waals surface area contributed by atoms with Gasteiger partial charge in [0, 0.05) is 13.1 Å². The largest absolute Gasteiger partial charge is 0.337 e. The highest BCUT2D eigenvalue weighted by atomic mass is 16.2. The van der Waals surface area contributed by atoms with Crippen molar-refractivity contribution in [3.63, 3.8) is 0 Å². The maximum atomic E-state index is 12.7. The van der Waals surface area contributed by atoms with Crippen LogP contribution in [0, 0.1) is 18.3 Å². The number of carbonyl (C=O) groups is 1. The Kier molecular flexibility index (Phi) is 3.30. The summed E-state index contributed by atoms with van der Waals surface area (Å²) in [6, 6.07) is 0. The molecule has 5 nitrogen and oxygen atoms in total. The van der Waals surface area contributed by atoms with Crippen LogP contribution in [0.2, 0.25) is 0 Å². The number of amides is 1. The highest BCUT2D eigenvalue weighted by Crippen LogP contribution is 2.51. The maximum absolute atomic E-state index is 12.7. The first-order chi connectivity index (χ1) is 9.55. The first-order valence-electron chi connectivity index (χ1n) is 7.77. The van der Waals surface area contributed by atoms with Crippen LogP contribution in [0.3, 0.4) is 0 Å². The van der Waals surface area contributed by atoms with Crippen molar-refractivity contribution < 1.29 is 4.79 Å². The molecule has 2 aliphatic rings. The van der Waals surface area contributed by atoms with Gasteiger partial charge in [-0.2, -0.15) is 9.90 Å². The minimum Gasteiger partial charge on any atom is -0.337 e. The minimum absolute atomic E-state index is 0.0698. The molecule has 1 saturated carbocycles. The Labute approximate surface area is 120 Å². The standard InChI is InChI=1S/C15H24N4O/c1-4-19-16-12(3)13(17-19)14(20)18-9-6-11(2)15(10-18)7-5-8-15/h11H,4-10H2,1-3H3. The molecule has 0 N–H and O–H groups in total. The summed E-state index contributed by atoms with van der Waals surface area (Å²) in [5.41, 5.74) is 1.68. The van der Waals surface area contributed by atoms with E-state index in [1.54, 1.807) is 4.80 Å². The number of likely N-dealkylation sites (tertiary alicyclic amines) is 1. The van der Waals surface area contributed by atoms with E-state index >= 15 is 0 Å². The van der Waals surface area contributed by atoms with E-state index in [9.17, 15) is 4.79 Å². The van der Waals surface area contributed by atoms with E-state index in [0.717, 1.165) is 31.1 Å². The summed E-state index contributed by atoms with van der Waals surface area (Å²) in [5, 5.41) is 8.62. The highest BCUT2D eigenvalue weighted by molar-refractivity contribution is 5.93. The van der Waals surface area contributed by atoms with Crippen molar-refractivity contribution in [2.75, 3.05) is 13.1 Å². The van der Waals surface area contributed by atoms with E-state index in [1.807, 2.05) is 18.7 Å². The van der Waals surface area contributed by atoms with Crippen LogP contribution < -0.4 is 0 Å². The van der Waals surface area contributed by atoms with Crippen molar-refractivity contribution in [3.8, 4) is 0 Å². The number of hydrogen-bond donors (Lipinski definition) is 0. The van der Waals surface area contributed by atoms with Gasteiger partial charge in [0.2, 0.25) is 0 Å². The lowest BCUT2D eigenvalue weighted by atomic mass is 9.59. The van der Waals surface area contributed by atoms with Crippen LogP contribution in [0.5, 0.6) is 0 Å². The molecule has 0 aromatic carbocycles. The maximum Gasteiger partial charge on any atom is 0.276 e. The first-order valence-corrected chi connectivity index (χ1v) is 7.77. The molecule has 2 heterocycles. The molecule has 3 rings (SSSR count). The Bertz CT molecular complexity index is 518. The van der Waals surface area contributed by atoms with E-state index < -0.39 is 0 Å². The third-order valence-electron chi connectivity index (χ3n) is 5.33. The quantitative estimate of drug-likeness (QED) is 0.832. The zero-order valence-corrected chi connectivity index (χ0v) is 12.7. The predicted molar refractivity (Wildman–Crippen MR) is 76.4 cm³/mol. The molecule has 0 radical (unpaired) electrons. The Morgan fingerprint density at radius 1 is 1.40 bits per heavy atom. The van der Waals surface area contributed by atoms with Gasteiger partial charge in [0.25, 0.3) is 5.91 Å². The molecule has 1 unspecified atom stereocenters. The van der Waals surface area contributed by atoms with Gasteiger partial charge in [-0.15, -0.1) is 5.10 Å². The Balaban J connectivity index is 1.78. The summed E-state index contributed by atoms with van der Waals surface area (Å²) in [5.74, 6) is 0.813. The summed E-state index contributed by atoms with van der Waals surface area (Å²) in [6.45, 7) is 8.68. The summed E-state index contributed by atoms with van der Waals surface area (Å²) < 4.78 is 0. The van der Waals surface area contributed by atoms with E-state index in [-0.39, 0.29) is 5.91 Å². The van der Waals surface area contributed by atoms with Crippen molar-refractivity contribution in [1.82, 2.24) is 19.9 Å². The molecule has 1 aliphatic carbocycles. The molecule has 1 spiro atoms. The molecule has 20 heavy (non-hydrogen) atoms. The number of piperidine rings is 1. The third kappa shape index (κ3) is 2.03. The fourth-order valence-electron chi connectivity index (χ4n) is 3.65. The van der Waals surface area contributed by atoms with Crippen LogP contribution in [0.25, 0.3) is 0 Å². The Morgan fingerprint density at radius 2 is 2.15 bits per heavy atom. The van der Waals surface area contributed by atoms with Gasteiger partial charge in [-0.05, 0) is 44.4 Å². The number of carbonyl (C=O) groups excluding carboxylic acids is 1. The molecule has 0 bridgehead atoms. The second-order valence-electron chi connectivity index (χ2n) is 6.45. The predicted octanol–water partition coefficient (Wildman–Crippen LogP) is 2.26. The molecular formula is C15H24N4O. The molecule has 1 amide bonds. The molecule has 1 saturated heterocycles. The van der Waals surface area contributed by atoms with E-state index in [1.165, 1.54) is 19.3 Å². The molecule has 5 heteroatoms. The Hall–Kier alpha value is -1.39. The molecule has 1 atom stereocenters. The first kappa shape index (κ1) is 13.6. The van der Waals surface area contributed by atoms with E-state index in [4.69, 9.17) is 0 Å². The van der Waals surface area contributed by atoms with Gasteiger partial charge in [0.1, 0.15) is 0 Å². The lowest BCUT2D eigenvalue weighted by molar-refractivity contribution is -0.0210. The van der Waals surface area contributed by atoms with Crippen LogP contribution in [-0.2, 0) is 6.54 Å². The van der Waals surface area contributed by atoms with Gasteiger partial charge in [0.15, 0.2) is 5.69 Å². The van der Waals surface area contributed by atoms with Crippen molar-refractivity contribution in [2.45, 2.75) is 53.0 Å². The van der Waals surface area contributed by atoms with Crippen LogP contribution in [-0.4, -0.2) is 38.9 Å². The van der Waals surface area contributed by atoms with Gasteiger partial charge in [-0.1, -0.05) is 13.3 Å². The smallest absolute Gasteiger partial charge is 0.276 e. The second-order valence-corrected chi connectivity index (χ2v) is 6.45. The zero-order chi connectivity index (χ0) is 14.3. The zero-order valence-electron chi connectivity index (χ0n) is 12.7. The Morgan fingerprint density at radius 3 is 2.70 bits per heavy atom. The van der Waals surface area contributed by atoms with Gasteiger partial charge in [-0.3, -0.25) is 4.79 Å². The fraction of sp³-hybridized carbons (Fsp3) is 0.800. The molecule has 110 valence electrons. The average Bonchev–Trinajstić information content (AvgIpc) is 2.78. The van der Waals surface area contributed by atoms with Crippen molar-refractivity contribution in [3.05, 3.63) is 11.4 Å². The SMILES string of the molecule is CCn1nc(C)c(C(=O)N2CCC(C)C3(CCC3)C2)n1. The number of aryl methyl sites for hydroxylation is 2. The topological polar surface area (TPSA) is 51.0 Å². The molecule has 1 aliphatic heterocycles. The number of rotatable bonds is 2. The minimum atomic E-state index is 0.0698. The summed E-state index contributed by atoms with van der Waals surface area (Å²) in [6.07, 6.45) is 4.99. The molecule has 1 aromatic rings. The van der Waals surface area contributed by atoms with Gasteiger partial charge in [-0.25, -0.2) is 0 Å². The van der Waals surface area contributed by atoms with Crippen LogP contribution >= 0.6 is 0 Å². The normalized spacial score (nSPS) is 24.8. The number of nitrogens with zero attached hydrogens (tertiary/aromatic N) is 4. The van der Waals surface area contributed by atoms with E-state index in [2.05, 4.69) is 17.1 Å². The average molecular weight is 276 g/mol. The monoisotopic (exact) mass is 276 g/mol. The lowest BCUT2D eigenvalue weighted by Gasteiger charge is -2.53. The summed E-state index contributed by atoms with van der Waals surface area (Å²) in [4.78, 5) is 16.3. The summed E-state index contributed by atoms with van der Waals surface area (Å²) in [7, 11) is 0. The summed E-state index contributed by atoms with van der Waals surface area (Å²) >= 11 is 0. The second kappa shape index (κ2) is 4.86. The lowest BCUT2D eigenvalue weighted by Crippen LogP contribution is -2.53. The van der Waals surface area contributed by atoms with Crippen molar-refractivity contribution in [1.29, 1.82) is 0 Å². The van der Waals surface area contributed by atoms with E-state index in [0.29, 0.717) is 17.7 Å². The van der Waals surface area contributed by atoms with Gasteiger partial charge >= 0.3 is 0 Å². The van der Waals surface area contributed by atoms with Gasteiger partial charge in [0.05, 0.1) is 12.2 Å². The van der Waals surface area contributed by atoms with Crippen molar-refractivity contribution in [2.24, 2.45) is 11.3 Å². The molecular weight excluding hydrogens is 252 g/mol. The van der Waals surface area contributed by atoms with Crippen LogP contribution in [0.1, 0.15) is 55.7 Å². The highest BCUT2D eigenvalue weighted by Gasteiger charge is 2.46. The number of hydrogen-bond acceptors (Lipinski definition) is 3. The third-order valence-corrected chi connectivity index (χ3v) is 5.33. The van der Waals surface area contributed by atoms with Gasteiger partial charge < -0.3 is 4.90 Å². The fourth-order valence-corrected chi connectivity index (χ4v) is 3.65. The van der Waals surface area contributed by atoms with Crippen LogP contribution in [0.15, 0.2) is 0 Å². The number of aromatic nitrogens is 3. The molecule has 2 fully saturated rings. The molecule has 1 aromatic heterocycles. The van der Waals surface area contributed by atoms with Crippen molar-refractivity contribution >= 4 is 5.91 Å². The van der Waals surface area contributed by atoms with Crippen LogP contribution in [0.4, 0.5) is 0 Å².